The molecule has 7 heteroatoms. The Morgan fingerprint density at radius 2 is 1.72 bits per heavy atom. The fraction of sp³-hybridized carbons (Fsp3) is 0.273. The van der Waals surface area contributed by atoms with E-state index in [1.54, 1.807) is 12.4 Å². The van der Waals surface area contributed by atoms with Gasteiger partial charge >= 0.3 is 0 Å². The van der Waals surface area contributed by atoms with Gasteiger partial charge in [-0.2, -0.15) is 0 Å². The summed E-state index contributed by atoms with van der Waals surface area (Å²) in [7, 11) is 0. The van der Waals surface area contributed by atoms with E-state index >= 15 is 0 Å². The van der Waals surface area contributed by atoms with Crippen molar-refractivity contribution in [3.8, 4) is 11.3 Å². The van der Waals surface area contributed by atoms with Gasteiger partial charge in [-0.05, 0) is 43.2 Å². The van der Waals surface area contributed by atoms with Crippen LogP contribution in [0.3, 0.4) is 0 Å². The van der Waals surface area contributed by atoms with Crippen LogP contribution in [0.25, 0.3) is 21.6 Å². The summed E-state index contributed by atoms with van der Waals surface area (Å²) < 4.78 is 0. The maximum Gasteiger partial charge on any atom is 0.190 e. The zero-order valence-corrected chi connectivity index (χ0v) is 17.5. The highest BCUT2D eigenvalue weighted by Crippen LogP contribution is 2.29. The molecule has 4 aromatic heterocycles. The molecule has 6 nitrogen and oxygen atoms in total. The summed E-state index contributed by atoms with van der Waals surface area (Å²) in [4.78, 5) is 21.3. The van der Waals surface area contributed by atoms with Crippen molar-refractivity contribution in [2.24, 2.45) is 0 Å². The summed E-state index contributed by atoms with van der Waals surface area (Å²) in [5, 5.41) is 4.14. The van der Waals surface area contributed by atoms with Gasteiger partial charge in [-0.15, -0.1) is 0 Å². The molecule has 0 amide bonds. The van der Waals surface area contributed by atoms with Gasteiger partial charge in [0.1, 0.15) is 16.2 Å². The van der Waals surface area contributed by atoms with Gasteiger partial charge in [-0.3, -0.25) is 4.98 Å². The largest absolute Gasteiger partial charge is 0.371 e. The number of fused-ring (bicyclic) bond motifs is 1. The van der Waals surface area contributed by atoms with Crippen LogP contribution in [0.15, 0.2) is 55.0 Å². The van der Waals surface area contributed by atoms with Crippen LogP contribution in [0.2, 0.25) is 0 Å². The van der Waals surface area contributed by atoms with Gasteiger partial charge in [-0.1, -0.05) is 25.2 Å². The predicted octanol–water partition coefficient (Wildman–Crippen LogP) is 5.52. The molecule has 0 aromatic carbocycles. The van der Waals surface area contributed by atoms with Crippen LogP contribution >= 0.6 is 11.3 Å². The SMILES string of the molecule is CCCN(CCC)c1ccnc(Nc2nc3ccc(-c4ccncc4)nc3s2)c1. The fourth-order valence-corrected chi connectivity index (χ4v) is 4.10. The Balaban J connectivity index is 1.57. The molecule has 0 aliphatic rings. The highest BCUT2D eigenvalue weighted by atomic mass is 32.1. The fourth-order valence-electron chi connectivity index (χ4n) is 3.26. The number of hydrogen-bond acceptors (Lipinski definition) is 7. The standard InChI is InChI=1S/C22H24N6S/c1-3-13-28(14-4-2)17-9-12-24-20(15-17)27-22-26-19-6-5-18(25-21(19)29-22)16-7-10-23-11-8-16/h5-12,15H,3-4,13-14H2,1-2H3,(H,24,26,27). The number of nitrogens with one attached hydrogen (secondary N) is 1. The maximum atomic E-state index is 4.76. The number of thiazole rings is 1. The van der Waals surface area contributed by atoms with Crippen molar-refractivity contribution in [1.82, 2.24) is 19.9 Å². The number of hydrogen-bond donors (Lipinski definition) is 1. The molecule has 0 atom stereocenters. The van der Waals surface area contributed by atoms with Crippen LogP contribution < -0.4 is 10.2 Å². The summed E-state index contributed by atoms with van der Waals surface area (Å²) in [5.74, 6) is 0.799. The van der Waals surface area contributed by atoms with Gasteiger partial charge in [0.2, 0.25) is 0 Å². The minimum absolute atomic E-state index is 0.793. The molecule has 0 radical (unpaired) electrons. The Hall–Kier alpha value is -3.06. The van der Waals surface area contributed by atoms with E-state index in [0.717, 1.165) is 58.5 Å². The molecule has 0 bridgehead atoms. The van der Waals surface area contributed by atoms with E-state index in [1.807, 2.05) is 30.5 Å². The molecule has 0 saturated carbocycles. The van der Waals surface area contributed by atoms with E-state index in [1.165, 1.54) is 17.0 Å². The van der Waals surface area contributed by atoms with E-state index in [0.29, 0.717) is 0 Å². The Morgan fingerprint density at radius 1 is 0.931 bits per heavy atom. The third-order valence-corrected chi connectivity index (χ3v) is 5.44. The lowest BCUT2D eigenvalue weighted by molar-refractivity contribution is 0.744. The topological polar surface area (TPSA) is 66.8 Å². The molecule has 1 N–H and O–H groups in total. The Kier molecular flexibility index (Phi) is 5.95. The van der Waals surface area contributed by atoms with Crippen LogP contribution in [-0.4, -0.2) is 33.0 Å². The smallest absolute Gasteiger partial charge is 0.190 e. The molecule has 0 aliphatic carbocycles. The molecule has 0 unspecified atom stereocenters. The Morgan fingerprint density at radius 3 is 2.48 bits per heavy atom. The Labute approximate surface area is 174 Å². The molecule has 0 fully saturated rings. The van der Waals surface area contributed by atoms with Crippen molar-refractivity contribution >= 4 is 38.3 Å². The van der Waals surface area contributed by atoms with Gasteiger partial charge in [-0.25, -0.2) is 15.0 Å². The second kappa shape index (κ2) is 8.96. The van der Waals surface area contributed by atoms with Crippen molar-refractivity contribution < 1.29 is 0 Å². The highest BCUT2D eigenvalue weighted by molar-refractivity contribution is 7.21. The first-order chi connectivity index (χ1) is 14.3. The van der Waals surface area contributed by atoms with Crippen LogP contribution in [0, 0.1) is 0 Å². The molecule has 29 heavy (non-hydrogen) atoms. The van der Waals surface area contributed by atoms with Crippen LogP contribution in [-0.2, 0) is 0 Å². The van der Waals surface area contributed by atoms with Crippen molar-refractivity contribution in [1.29, 1.82) is 0 Å². The number of nitrogens with zero attached hydrogens (tertiary/aromatic N) is 5. The van der Waals surface area contributed by atoms with E-state index in [4.69, 9.17) is 4.98 Å². The average molecular weight is 405 g/mol. The second-order valence-electron chi connectivity index (χ2n) is 6.79. The molecular weight excluding hydrogens is 380 g/mol. The number of anilines is 3. The van der Waals surface area contributed by atoms with E-state index in [-0.39, 0.29) is 0 Å². The van der Waals surface area contributed by atoms with Crippen molar-refractivity contribution in [2.75, 3.05) is 23.3 Å². The molecule has 0 spiro atoms. The molecule has 4 heterocycles. The zero-order valence-electron chi connectivity index (χ0n) is 16.7. The summed E-state index contributed by atoms with van der Waals surface area (Å²) >= 11 is 1.53. The van der Waals surface area contributed by atoms with Crippen molar-refractivity contribution in [3.05, 3.63) is 55.0 Å². The minimum Gasteiger partial charge on any atom is -0.371 e. The summed E-state index contributed by atoms with van der Waals surface area (Å²) in [6.45, 7) is 6.50. The highest BCUT2D eigenvalue weighted by Gasteiger charge is 2.10. The van der Waals surface area contributed by atoms with Gasteiger partial charge in [0.15, 0.2) is 5.13 Å². The first kappa shape index (κ1) is 19.3. The lowest BCUT2D eigenvalue weighted by atomic mass is 10.2. The zero-order chi connectivity index (χ0) is 20.1. The first-order valence-corrected chi connectivity index (χ1v) is 10.7. The van der Waals surface area contributed by atoms with Gasteiger partial charge < -0.3 is 10.2 Å². The number of rotatable bonds is 8. The second-order valence-corrected chi connectivity index (χ2v) is 7.76. The third kappa shape index (κ3) is 4.51. The lowest BCUT2D eigenvalue weighted by Crippen LogP contribution is -2.24. The van der Waals surface area contributed by atoms with Crippen LogP contribution in [0.1, 0.15) is 26.7 Å². The molecular formula is C22H24N6S. The molecule has 4 rings (SSSR count). The molecule has 148 valence electrons. The third-order valence-electron chi connectivity index (χ3n) is 4.56. The number of aromatic nitrogens is 4. The van der Waals surface area contributed by atoms with Crippen molar-refractivity contribution in [2.45, 2.75) is 26.7 Å². The van der Waals surface area contributed by atoms with E-state index in [9.17, 15) is 0 Å². The maximum absolute atomic E-state index is 4.76. The quantitative estimate of drug-likeness (QED) is 0.417. The number of pyridine rings is 3. The summed E-state index contributed by atoms with van der Waals surface area (Å²) in [5.41, 5.74) is 4.03. The van der Waals surface area contributed by atoms with Crippen LogP contribution in [0.5, 0.6) is 0 Å². The minimum atomic E-state index is 0.793. The molecule has 4 aromatic rings. The van der Waals surface area contributed by atoms with E-state index in [2.05, 4.69) is 51.1 Å². The first-order valence-electron chi connectivity index (χ1n) is 9.93. The van der Waals surface area contributed by atoms with Gasteiger partial charge in [0, 0.05) is 49.0 Å². The summed E-state index contributed by atoms with van der Waals surface area (Å²) in [6.07, 6.45) is 7.64. The average Bonchev–Trinajstić information content (AvgIpc) is 3.16. The molecule has 0 saturated heterocycles. The summed E-state index contributed by atoms with van der Waals surface area (Å²) in [6, 6.07) is 12.1. The Bertz CT molecular complexity index is 1070. The predicted molar refractivity (Wildman–Crippen MR) is 121 cm³/mol. The van der Waals surface area contributed by atoms with Gasteiger partial charge in [0.25, 0.3) is 0 Å². The van der Waals surface area contributed by atoms with Crippen LogP contribution in [0.4, 0.5) is 16.6 Å². The normalized spacial score (nSPS) is 11.0. The lowest BCUT2D eigenvalue weighted by Gasteiger charge is -2.24. The monoisotopic (exact) mass is 404 g/mol. The van der Waals surface area contributed by atoms with Gasteiger partial charge in [0.05, 0.1) is 5.69 Å². The molecule has 0 aliphatic heterocycles. The van der Waals surface area contributed by atoms with Crippen molar-refractivity contribution in [3.63, 3.8) is 0 Å². The van der Waals surface area contributed by atoms with E-state index < -0.39 is 0 Å².